The molecule has 0 aliphatic rings. The summed E-state index contributed by atoms with van der Waals surface area (Å²) < 4.78 is 51.0. The monoisotopic (exact) mass is 408 g/mol. The zero-order valence-corrected chi connectivity index (χ0v) is 15.8. The smallest absolute Gasteiger partial charge is 0.426 e. The Morgan fingerprint density at radius 1 is 0.931 bits per heavy atom. The first-order valence-electron chi connectivity index (χ1n) is 9.28. The number of hydrogen-bond donors (Lipinski definition) is 1. The van der Waals surface area contributed by atoms with Crippen LogP contribution in [0.5, 0.6) is 11.5 Å². The van der Waals surface area contributed by atoms with Gasteiger partial charge in [-0.25, -0.2) is 4.79 Å². The van der Waals surface area contributed by atoms with E-state index < -0.39 is 12.1 Å². The van der Waals surface area contributed by atoms with Gasteiger partial charge < -0.3 is 14.6 Å². The number of halogens is 3. The Bertz CT molecular complexity index is 787. The van der Waals surface area contributed by atoms with E-state index in [0.717, 1.165) is 25.3 Å². The summed E-state index contributed by atoms with van der Waals surface area (Å²) >= 11 is 0. The molecule has 4 nitrogen and oxygen atoms in total. The minimum atomic E-state index is -3.54. The van der Waals surface area contributed by atoms with Gasteiger partial charge in [-0.2, -0.15) is 8.78 Å². The Labute approximate surface area is 167 Å². The Morgan fingerprint density at radius 3 is 2.17 bits per heavy atom. The number of aliphatic carboxylic acids is 1. The van der Waals surface area contributed by atoms with Gasteiger partial charge in [0.05, 0.1) is 18.8 Å². The summed E-state index contributed by atoms with van der Waals surface area (Å²) in [7, 11) is 0. The molecule has 1 N–H and O–H groups in total. The zero-order valence-electron chi connectivity index (χ0n) is 15.8. The Hall–Kier alpha value is -2.96. The third-order valence-electron chi connectivity index (χ3n) is 4.03. The van der Waals surface area contributed by atoms with Gasteiger partial charge >= 0.3 is 12.1 Å². The second-order valence-electron chi connectivity index (χ2n) is 6.34. The van der Waals surface area contributed by atoms with E-state index in [1.165, 1.54) is 54.6 Å². The number of rotatable bonds is 12. The van der Waals surface area contributed by atoms with Crippen LogP contribution in [0, 0.1) is 0 Å². The minimum Gasteiger partial charge on any atom is -0.494 e. The van der Waals surface area contributed by atoms with Gasteiger partial charge in [0.2, 0.25) is 0 Å². The van der Waals surface area contributed by atoms with Gasteiger partial charge in [-0.15, -0.1) is 0 Å². The number of alkyl halides is 3. The van der Waals surface area contributed by atoms with E-state index in [0.29, 0.717) is 24.3 Å². The topological polar surface area (TPSA) is 55.8 Å². The van der Waals surface area contributed by atoms with Crippen molar-refractivity contribution in [3.05, 3.63) is 65.7 Å². The van der Waals surface area contributed by atoms with Crippen molar-refractivity contribution in [1.29, 1.82) is 0 Å². The van der Waals surface area contributed by atoms with Crippen molar-refractivity contribution in [1.82, 2.24) is 0 Å². The van der Waals surface area contributed by atoms with Crippen LogP contribution in [0.15, 0.2) is 54.6 Å². The molecule has 0 aliphatic carbocycles. The quantitative estimate of drug-likeness (QED) is 0.355. The highest BCUT2D eigenvalue weighted by Crippen LogP contribution is 2.32. The van der Waals surface area contributed by atoms with E-state index in [1.54, 1.807) is 0 Å². The predicted molar refractivity (Wildman–Crippen MR) is 104 cm³/mol. The number of hydrogen-bond acceptors (Lipinski definition) is 3. The third kappa shape index (κ3) is 7.89. The molecule has 2 aromatic rings. The van der Waals surface area contributed by atoms with Gasteiger partial charge in [0, 0.05) is 6.08 Å². The molecule has 0 atom stereocenters. The van der Waals surface area contributed by atoms with Crippen LogP contribution < -0.4 is 9.47 Å². The Morgan fingerprint density at radius 2 is 1.55 bits per heavy atom. The highest BCUT2D eigenvalue weighted by atomic mass is 19.3. The van der Waals surface area contributed by atoms with E-state index >= 15 is 0 Å². The van der Waals surface area contributed by atoms with Crippen molar-refractivity contribution in [3.8, 4) is 11.5 Å². The van der Waals surface area contributed by atoms with E-state index in [-0.39, 0.29) is 18.0 Å². The molecule has 156 valence electrons. The van der Waals surface area contributed by atoms with Crippen molar-refractivity contribution in [2.45, 2.75) is 31.8 Å². The lowest BCUT2D eigenvalue weighted by Gasteiger charge is -2.18. The molecule has 0 unspecified atom stereocenters. The molecule has 0 saturated heterocycles. The summed E-state index contributed by atoms with van der Waals surface area (Å²) in [5, 5.41) is 8.59. The number of unbranched alkanes of at least 4 members (excludes halogenated alkanes) is 3. The maximum atomic E-state index is 14.4. The first-order valence-corrected chi connectivity index (χ1v) is 9.28. The summed E-state index contributed by atoms with van der Waals surface area (Å²) in [6.07, 6.45) is 1.76. The molecule has 0 fully saturated rings. The van der Waals surface area contributed by atoms with Gasteiger partial charge in [0.25, 0.3) is 0 Å². The maximum Gasteiger partial charge on any atom is 0.426 e. The number of carboxylic acids is 1. The minimum absolute atomic E-state index is 0.0453. The number of carbonyl (C=O) groups is 1. The molecule has 0 aromatic heterocycles. The largest absolute Gasteiger partial charge is 0.494 e. The molecule has 29 heavy (non-hydrogen) atoms. The van der Waals surface area contributed by atoms with Crippen molar-refractivity contribution >= 4 is 12.0 Å². The Kier molecular flexibility index (Phi) is 8.58. The summed E-state index contributed by atoms with van der Waals surface area (Å²) in [5.41, 5.74) is 0.233. The first kappa shape index (κ1) is 22.3. The zero-order chi connectivity index (χ0) is 21.1. The molecule has 0 saturated carbocycles. The van der Waals surface area contributed by atoms with Crippen molar-refractivity contribution in [2.75, 3.05) is 13.3 Å². The lowest BCUT2D eigenvalue weighted by Crippen LogP contribution is -2.21. The standard InChI is InChI=1S/C22H23F3O4/c23-15-3-1-2-4-16-28-19-12-8-18(9-13-19)22(24,25)29-20-10-5-17(6-11-20)7-14-21(26)27/h5-14H,1-4,15-16H2,(H,26,27). The van der Waals surface area contributed by atoms with Crippen molar-refractivity contribution in [3.63, 3.8) is 0 Å². The molecule has 0 amide bonds. The van der Waals surface area contributed by atoms with E-state index in [2.05, 4.69) is 0 Å². The average molecular weight is 408 g/mol. The molecule has 7 heteroatoms. The number of ether oxygens (including phenoxy) is 2. The van der Waals surface area contributed by atoms with Crippen LogP contribution in [0.4, 0.5) is 13.2 Å². The van der Waals surface area contributed by atoms with E-state index in [9.17, 15) is 18.0 Å². The average Bonchev–Trinajstić information content (AvgIpc) is 2.70. The predicted octanol–water partition coefficient (Wildman–Crippen LogP) is 5.82. The molecule has 0 aliphatic heterocycles. The van der Waals surface area contributed by atoms with Gasteiger partial charge in [0.15, 0.2) is 0 Å². The molecule has 0 radical (unpaired) electrons. The van der Waals surface area contributed by atoms with E-state index in [1.807, 2.05) is 0 Å². The lowest BCUT2D eigenvalue weighted by atomic mass is 10.2. The first-order chi connectivity index (χ1) is 13.9. The molecule has 0 spiro atoms. The SMILES string of the molecule is O=C(O)C=Cc1ccc(OC(F)(F)c2ccc(OCCCCCCF)cc2)cc1. The van der Waals surface area contributed by atoms with Crippen LogP contribution in [0.1, 0.15) is 36.8 Å². The maximum absolute atomic E-state index is 14.4. The van der Waals surface area contributed by atoms with Gasteiger partial charge in [0.1, 0.15) is 11.5 Å². The second kappa shape index (κ2) is 11.1. The highest BCUT2D eigenvalue weighted by Gasteiger charge is 2.34. The van der Waals surface area contributed by atoms with Crippen molar-refractivity contribution < 1.29 is 32.5 Å². The van der Waals surface area contributed by atoms with Crippen LogP contribution >= 0.6 is 0 Å². The van der Waals surface area contributed by atoms with Gasteiger partial charge in [-0.3, -0.25) is 4.39 Å². The molecule has 0 bridgehead atoms. The molecule has 0 heterocycles. The summed E-state index contributed by atoms with van der Waals surface area (Å²) in [4.78, 5) is 10.5. The van der Waals surface area contributed by atoms with Crippen molar-refractivity contribution in [2.24, 2.45) is 0 Å². The Balaban J connectivity index is 1.89. The third-order valence-corrected chi connectivity index (χ3v) is 4.03. The molecule has 2 aromatic carbocycles. The fourth-order valence-corrected chi connectivity index (χ4v) is 2.51. The van der Waals surface area contributed by atoms with Gasteiger partial charge in [-0.05, 0) is 67.3 Å². The van der Waals surface area contributed by atoms with Gasteiger partial charge in [-0.1, -0.05) is 18.6 Å². The molecular weight excluding hydrogens is 385 g/mol. The van der Waals surface area contributed by atoms with Crippen LogP contribution in [0.25, 0.3) is 6.08 Å². The van der Waals surface area contributed by atoms with E-state index in [4.69, 9.17) is 14.6 Å². The summed E-state index contributed by atoms with van der Waals surface area (Å²) in [6.45, 7) is 0.131. The van der Waals surface area contributed by atoms with Crippen LogP contribution in [0.3, 0.4) is 0 Å². The van der Waals surface area contributed by atoms with Crippen LogP contribution in [-0.4, -0.2) is 24.4 Å². The summed E-state index contributed by atoms with van der Waals surface area (Å²) in [5.74, 6) is -0.665. The fraction of sp³-hybridized carbons (Fsp3) is 0.318. The lowest BCUT2D eigenvalue weighted by molar-refractivity contribution is -0.185. The molecular formula is C22H23F3O4. The fourth-order valence-electron chi connectivity index (χ4n) is 2.51. The second-order valence-corrected chi connectivity index (χ2v) is 6.34. The summed E-state index contributed by atoms with van der Waals surface area (Å²) in [6, 6.07) is 11.0. The normalized spacial score (nSPS) is 11.6. The number of carboxylic acid groups (broad SMARTS) is 1. The highest BCUT2D eigenvalue weighted by molar-refractivity contribution is 5.85. The molecule has 2 rings (SSSR count). The van der Waals surface area contributed by atoms with Crippen LogP contribution in [-0.2, 0) is 10.9 Å². The van der Waals surface area contributed by atoms with Crippen LogP contribution in [0.2, 0.25) is 0 Å². The number of benzene rings is 2.